The van der Waals surface area contributed by atoms with Crippen LogP contribution in [0.5, 0.6) is 0 Å². The molecule has 1 aliphatic heterocycles. The number of pyridine rings is 2. The molecule has 0 aliphatic carbocycles. The molecular weight excluding hydrogens is 570 g/mol. The summed E-state index contributed by atoms with van der Waals surface area (Å²) >= 11 is 0. The number of nitrogens with zero attached hydrogens (tertiary/aromatic N) is 3. The number of para-hydroxylation sites is 3. The van der Waals surface area contributed by atoms with Crippen LogP contribution in [0.15, 0.2) is 135 Å². The van der Waals surface area contributed by atoms with Crippen LogP contribution in [-0.4, -0.2) is 23.6 Å². The summed E-state index contributed by atoms with van der Waals surface area (Å²) in [4.78, 5) is 11.7. The van der Waals surface area contributed by atoms with Crippen molar-refractivity contribution in [2.75, 3.05) is 18.5 Å². The zero-order valence-electron chi connectivity index (χ0n) is 24.8. The molecule has 0 amide bonds. The van der Waals surface area contributed by atoms with Gasteiger partial charge >= 0.3 is 0 Å². The van der Waals surface area contributed by atoms with Crippen LogP contribution in [0.3, 0.4) is 0 Å². The fraction of sp³-hybridized carbons (Fsp3) is 0.0500. The summed E-state index contributed by atoms with van der Waals surface area (Å²) in [5, 5.41) is 3.11. The molecule has 218 valence electrons. The van der Waals surface area contributed by atoms with E-state index in [0.717, 1.165) is 106 Å². The Morgan fingerprint density at radius 1 is 0.565 bits per heavy atom. The van der Waals surface area contributed by atoms with E-state index in [1.165, 1.54) is 0 Å². The number of likely N-dealkylation sites (N-methyl/N-ethyl adjacent to an activating group) is 1. The van der Waals surface area contributed by atoms with E-state index in [9.17, 15) is 0 Å². The summed E-state index contributed by atoms with van der Waals surface area (Å²) < 4.78 is 19.5. The van der Waals surface area contributed by atoms with Gasteiger partial charge in [0, 0.05) is 58.8 Å². The van der Waals surface area contributed by atoms with Crippen LogP contribution in [0, 0.1) is 0 Å². The topological polar surface area (TPSA) is 68.4 Å². The van der Waals surface area contributed by atoms with Gasteiger partial charge in [-0.3, -0.25) is 9.97 Å². The maximum atomic E-state index is 6.64. The minimum atomic E-state index is 0.745. The number of rotatable bonds is 3. The SMILES string of the molecule is CN1CC=C(c2cc(-c3ccnc4c3oc3ccccc34)ccc2-c2ccnc3c2oc2ccccc23)c2oc3ccccc3c21. The molecule has 6 heteroatoms. The number of hydrogen-bond acceptors (Lipinski definition) is 6. The lowest BCUT2D eigenvalue weighted by Crippen LogP contribution is -2.21. The summed E-state index contributed by atoms with van der Waals surface area (Å²) in [5.41, 5.74) is 12.9. The summed E-state index contributed by atoms with van der Waals surface area (Å²) in [5.74, 6) is 0.854. The molecule has 0 atom stereocenters. The highest BCUT2D eigenvalue weighted by Crippen LogP contribution is 2.47. The number of fused-ring (bicyclic) bond motifs is 9. The van der Waals surface area contributed by atoms with Crippen LogP contribution < -0.4 is 4.90 Å². The Bertz CT molecular complexity index is 2710. The molecule has 0 unspecified atom stereocenters. The molecule has 0 N–H and O–H groups in total. The van der Waals surface area contributed by atoms with E-state index < -0.39 is 0 Å². The van der Waals surface area contributed by atoms with Crippen LogP contribution >= 0.6 is 0 Å². The summed E-state index contributed by atoms with van der Waals surface area (Å²) in [6.45, 7) is 0.745. The van der Waals surface area contributed by atoms with Crippen molar-refractivity contribution in [2.24, 2.45) is 0 Å². The highest BCUT2D eigenvalue weighted by atomic mass is 16.3. The van der Waals surface area contributed by atoms with E-state index >= 15 is 0 Å². The average Bonchev–Trinajstić information content (AvgIpc) is 3.80. The minimum absolute atomic E-state index is 0.745. The molecule has 0 saturated heterocycles. The molecule has 4 aromatic carbocycles. The fourth-order valence-corrected chi connectivity index (χ4v) is 7.06. The minimum Gasteiger partial charge on any atom is -0.454 e. The standard InChI is InChI=1S/C40H25N3O3/c1-43-21-18-27(40-37(43)30-10-4-7-13-34(30)46-40)31-22-23(24-16-19-41-35-28-8-2-5-11-32(28)44-38(24)35)14-15-25(31)26-17-20-42-36-29-9-3-6-12-33(29)45-39(26)36/h2-20,22H,21H2,1H3. The molecule has 0 radical (unpaired) electrons. The Balaban J connectivity index is 1.27. The lowest BCUT2D eigenvalue weighted by Gasteiger charge is -2.25. The van der Waals surface area contributed by atoms with Gasteiger partial charge in [0.15, 0.2) is 16.9 Å². The van der Waals surface area contributed by atoms with Crippen LogP contribution in [0.2, 0.25) is 0 Å². The van der Waals surface area contributed by atoms with E-state index in [4.69, 9.17) is 23.2 Å². The van der Waals surface area contributed by atoms with Gasteiger partial charge < -0.3 is 18.2 Å². The predicted octanol–water partition coefficient (Wildman–Crippen LogP) is 10.2. The molecule has 0 fully saturated rings. The van der Waals surface area contributed by atoms with Gasteiger partial charge in [-0.25, -0.2) is 0 Å². The van der Waals surface area contributed by atoms with E-state index in [1.807, 2.05) is 73.1 Å². The van der Waals surface area contributed by atoms with E-state index in [-0.39, 0.29) is 0 Å². The predicted molar refractivity (Wildman–Crippen MR) is 184 cm³/mol. The number of aromatic nitrogens is 2. The van der Waals surface area contributed by atoms with Crippen molar-refractivity contribution < 1.29 is 13.3 Å². The second-order valence-corrected chi connectivity index (χ2v) is 11.8. The lowest BCUT2D eigenvalue weighted by atomic mass is 9.88. The second-order valence-electron chi connectivity index (χ2n) is 11.8. The first-order valence-electron chi connectivity index (χ1n) is 15.3. The summed E-state index contributed by atoms with van der Waals surface area (Å²) in [6, 6.07) is 35.0. The van der Waals surface area contributed by atoms with Gasteiger partial charge in [0.05, 0.1) is 5.69 Å². The van der Waals surface area contributed by atoms with Gasteiger partial charge in [-0.1, -0.05) is 54.6 Å². The first-order valence-corrected chi connectivity index (χ1v) is 15.3. The molecule has 0 saturated carbocycles. The van der Waals surface area contributed by atoms with Gasteiger partial charge in [0.1, 0.15) is 27.8 Å². The van der Waals surface area contributed by atoms with E-state index in [1.54, 1.807) is 0 Å². The van der Waals surface area contributed by atoms with Crippen LogP contribution in [0.25, 0.3) is 82.9 Å². The maximum absolute atomic E-state index is 6.64. The third kappa shape index (κ3) is 3.52. The molecular formula is C40H25N3O3. The molecule has 0 bridgehead atoms. The summed E-state index contributed by atoms with van der Waals surface area (Å²) in [6.07, 6.45) is 5.99. The normalized spacial score (nSPS) is 13.3. The third-order valence-electron chi connectivity index (χ3n) is 9.19. The van der Waals surface area contributed by atoms with Crippen LogP contribution in [-0.2, 0) is 0 Å². The Kier molecular flexibility index (Phi) is 5.17. The number of anilines is 1. The van der Waals surface area contributed by atoms with Crippen molar-refractivity contribution in [3.05, 3.63) is 133 Å². The second kappa shape index (κ2) is 9.43. The van der Waals surface area contributed by atoms with Gasteiger partial charge in [-0.2, -0.15) is 0 Å². The van der Waals surface area contributed by atoms with Crippen molar-refractivity contribution in [1.82, 2.24) is 9.97 Å². The van der Waals surface area contributed by atoms with Crippen LogP contribution in [0.4, 0.5) is 5.69 Å². The highest BCUT2D eigenvalue weighted by Gasteiger charge is 2.28. The van der Waals surface area contributed by atoms with Crippen molar-refractivity contribution in [2.45, 2.75) is 0 Å². The highest BCUT2D eigenvalue weighted by molar-refractivity contribution is 6.11. The molecule has 9 aromatic rings. The number of benzene rings is 4. The van der Waals surface area contributed by atoms with Crippen molar-refractivity contribution in [3.63, 3.8) is 0 Å². The smallest absolute Gasteiger partial charge is 0.161 e. The monoisotopic (exact) mass is 595 g/mol. The first kappa shape index (κ1) is 25.2. The van der Waals surface area contributed by atoms with Crippen molar-refractivity contribution in [3.8, 4) is 22.3 Å². The molecule has 0 spiro atoms. The Labute approximate surface area is 262 Å². The number of hydrogen-bond donors (Lipinski definition) is 0. The summed E-state index contributed by atoms with van der Waals surface area (Å²) in [7, 11) is 2.11. The third-order valence-corrected chi connectivity index (χ3v) is 9.19. The van der Waals surface area contributed by atoms with E-state index in [2.05, 4.69) is 60.5 Å². The molecule has 1 aliphatic rings. The maximum Gasteiger partial charge on any atom is 0.161 e. The zero-order valence-corrected chi connectivity index (χ0v) is 24.8. The zero-order chi connectivity index (χ0) is 30.4. The molecule has 6 heterocycles. The van der Waals surface area contributed by atoms with Gasteiger partial charge in [-0.15, -0.1) is 0 Å². The molecule has 46 heavy (non-hydrogen) atoms. The van der Waals surface area contributed by atoms with Crippen molar-refractivity contribution in [1.29, 1.82) is 0 Å². The van der Waals surface area contributed by atoms with Crippen molar-refractivity contribution >= 4 is 66.4 Å². The van der Waals surface area contributed by atoms with Gasteiger partial charge in [0.2, 0.25) is 0 Å². The van der Waals surface area contributed by atoms with E-state index in [0.29, 0.717) is 0 Å². The fourth-order valence-electron chi connectivity index (χ4n) is 7.06. The Hall–Kier alpha value is -6.14. The largest absolute Gasteiger partial charge is 0.454 e. The van der Waals surface area contributed by atoms with Crippen LogP contribution in [0.1, 0.15) is 11.3 Å². The number of furan rings is 3. The van der Waals surface area contributed by atoms with Gasteiger partial charge in [0.25, 0.3) is 0 Å². The lowest BCUT2D eigenvalue weighted by molar-refractivity contribution is 0.597. The Morgan fingerprint density at radius 3 is 1.85 bits per heavy atom. The molecule has 10 rings (SSSR count). The quantitative estimate of drug-likeness (QED) is 0.202. The first-order chi connectivity index (χ1) is 22.7. The van der Waals surface area contributed by atoms with Gasteiger partial charge in [-0.05, 0) is 71.3 Å². The molecule has 6 nitrogen and oxygen atoms in total. The average molecular weight is 596 g/mol. The Morgan fingerprint density at radius 2 is 1.15 bits per heavy atom. The molecule has 5 aromatic heterocycles.